The summed E-state index contributed by atoms with van der Waals surface area (Å²) in [5, 5.41) is 16.3. The molecule has 4 nitrogen and oxygen atoms in total. The lowest BCUT2D eigenvalue weighted by molar-refractivity contribution is -0.120. The van der Waals surface area contributed by atoms with Crippen molar-refractivity contribution in [3.05, 3.63) is 27.7 Å². The van der Waals surface area contributed by atoms with Gasteiger partial charge >= 0.3 is 0 Å². The Hall–Kier alpha value is -0.970. The molecular weight excluding hydrogens is 287 g/mol. The topological polar surface area (TPSA) is 61.4 Å². The monoisotopic (exact) mass is 304 g/mol. The van der Waals surface area contributed by atoms with Crippen LogP contribution in [-0.4, -0.2) is 24.1 Å². The highest BCUT2D eigenvalue weighted by Gasteiger charge is 2.07. The van der Waals surface area contributed by atoms with Gasteiger partial charge in [0.25, 0.3) is 0 Å². The second-order valence-electron chi connectivity index (χ2n) is 4.17. The highest BCUT2D eigenvalue weighted by atomic mass is 35.5. The molecule has 1 rings (SSSR count). The Morgan fingerprint density at radius 3 is 2.74 bits per heavy atom. The number of phenolic OH excluding ortho intramolecular Hbond substituents is 1. The molecule has 0 spiro atoms. The van der Waals surface area contributed by atoms with Crippen LogP contribution >= 0.6 is 23.2 Å². The van der Waals surface area contributed by atoms with E-state index in [9.17, 15) is 9.90 Å². The molecule has 0 heterocycles. The van der Waals surface area contributed by atoms with Crippen LogP contribution in [0.25, 0.3) is 0 Å². The number of halogens is 2. The van der Waals surface area contributed by atoms with Crippen LogP contribution in [0.15, 0.2) is 12.1 Å². The molecule has 19 heavy (non-hydrogen) atoms. The van der Waals surface area contributed by atoms with Crippen LogP contribution in [0.1, 0.15) is 25.3 Å². The Morgan fingerprint density at radius 2 is 2.05 bits per heavy atom. The fraction of sp³-hybridized carbons (Fsp3) is 0.462. The second kappa shape index (κ2) is 8.25. The number of carbonyl (C=O) groups excluding carboxylic acids is 1. The summed E-state index contributed by atoms with van der Waals surface area (Å²) in [5.41, 5.74) is 0.617. The van der Waals surface area contributed by atoms with E-state index in [2.05, 4.69) is 10.6 Å². The maximum Gasteiger partial charge on any atom is 0.221 e. The number of phenols is 1. The molecule has 0 aromatic heterocycles. The van der Waals surface area contributed by atoms with Gasteiger partial charge < -0.3 is 15.7 Å². The molecule has 1 amide bonds. The molecule has 0 atom stereocenters. The summed E-state index contributed by atoms with van der Waals surface area (Å²) < 4.78 is 0. The summed E-state index contributed by atoms with van der Waals surface area (Å²) >= 11 is 11.7. The summed E-state index contributed by atoms with van der Waals surface area (Å²) in [7, 11) is 0. The summed E-state index contributed by atoms with van der Waals surface area (Å²) in [5.74, 6) is 0.0386. The molecule has 0 aliphatic rings. The van der Waals surface area contributed by atoms with Gasteiger partial charge in [0.05, 0.1) is 5.02 Å². The second-order valence-corrected chi connectivity index (χ2v) is 5.02. The molecule has 1 aromatic rings. The third-order valence-corrected chi connectivity index (χ3v) is 3.03. The van der Waals surface area contributed by atoms with E-state index >= 15 is 0 Å². The van der Waals surface area contributed by atoms with Gasteiger partial charge in [-0.3, -0.25) is 4.79 Å². The van der Waals surface area contributed by atoms with E-state index in [1.54, 1.807) is 6.07 Å². The molecule has 0 saturated carbocycles. The summed E-state index contributed by atoms with van der Waals surface area (Å²) in [6, 6.07) is 3.13. The molecule has 0 aliphatic heterocycles. The van der Waals surface area contributed by atoms with Crippen molar-refractivity contribution in [1.82, 2.24) is 10.6 Å². The number of hydrogen-bond donors (Lipinski definition) is 3. The molecule has 0 aliphatic carbocycles. The fourth-order valence-electron chi connectivity index (χ4n) is 1.53. The van der Waals surface area contributed by atoms with Crippen molar-refractivity contribution in [2.45, 2.75) is 26.3 Å². The van der Waals surface area contributed by atoms with E-state index in [4.69, 9.17) is 23.2 Å². The fourth-order valence-corrected chi connectivity index (χ4v) is 2.07. The van der Waals surface area contributed by atoms with E-state index in [-0.39, 0.29) is 16.7 Å². The van der Waals surface area contributed by atoms with Crippen LogP contribution < -0.4 is 10.6 Å². The van der Waals surface area contributed by atoms with Gasteiger partial charge in [-0.25, -0.2) is 0 Å². The van der Waals surface area contributed by atoms with Crippen molar-refractivity contribution in [2.24, 2.45) is 0 Å². The summed E-state index contributed by atoms with van der Waals surface area (Å²) in [6.07, 6.45) is 1.32. The van der Waals surface area contributed by atoms with Gasteiger partial charge in [-0.2, -0.15) is 0 Å². The lowest BCUT2D eigenvalue weighted by Crippen LogP contribution is -2.28. The minimum Gasteiger partial charge on any atom is -0.506 e. The highest BCUT2D eigenvalue weighted by molar-refractivity contribution is 6.35. The first-order valence-electron chi connectivity index (χ1n) is 6.19. The quantitative estimate of drug-likeness (QED) is 0.679. The van der Waals surface area contributed by atoms with Crippen molar-refractivity contribution in [3.8, 4) is 5.75 Å². The Kier molecular flexibility index (Phi) is 6.99. The molecule has 106 valence electrons. The van der Waals surface area contributed by atoms with E-state index < -0.39 is 0 Å². The van der Waals surface area contributed by atoms with Gasteiger partial charge in [0.2, 0.25) is 5.91 Å². The van der Waals surface area contributed by atoms with E-state index in [1.807, 2.05) is 6.92 Å². The number of aromatic hydroxyl groups is 1. The Balaban J connectivity index is 2.35. The zero-order valence-corrected chi connectivity index (χ0v) is 12.3. The average molecular weight is 305 g/mol. The van der Waals surface area contributed by atoms with Gasteiger partial charge in [-0.15, -0.1) is 0 Å². The Morgan fingerprint density at radius 1 is 1.32 bits per heavy atom. The normalized spacial score (nSPS) is 10.5. The molecule has 0 unspecified atom stereocenters. The molecule has 1 aromatic carbocycles. The summed E-state index contributed by atoms with van der Waals surface area (Å²) in [6.45, 7) is 3.64. The van der Waals surface area contributed by atoms with E-state index in [0.717, 1.165) is 6.42 Å². The minimum absolute atomic E-state index is 0.0164. The van der Waals surface area contributed by atoms with Gasteiger partial charge in [-0.1, -0.05) is 30.1 Å². The first-order chi connectivity index (χ1) is 9.04. The SMILES string of the molecule is CCCNC(=O)CCNCc1cc(Cl)cc(Cl)c1O. The summed E-state index contributed by atoms with van der Waals surface area (Å²) in [4.78, 5) is 11.3. The van der Waals surface area contributed by atoms with Crippen molar-refractivity contribution < 1.29 is 9.90 Å². The standard InChI is InChI=1S/C13H18Cl2N2O2/c1-2-4-17-12(18)3-5-16-8-9-6-10(14)7-11(15)13(9)19/h6-7,16,19H,2-5,8H2,1H3,(H,17,18). The van der Waals surface area contributed by atoms with Crippen molar-refractivity contribution >= 4 is 29.1 Å². The Labute approximate surface area is 123 Å². The number of carbonyl (C=O) groups is 1. The predicted molar refractivity (Wildman–Crippen MR) is 77.8 cm³/mol. The van der Waals surface area contributed by atoms with E-state index in [0.29, 0.717) is 36.6 Å². The molecule has 0 bridgehead atoms. The maximum atomic E-state index is 11.3. The number of rotatable bonds is 7. The lowest BCUT2D eigenvalue weighted by Gasteiger charge is -2.09. The minimum atomic E-state index is 0.0164. The largest absolute Gasteiger partial charge is 0.506 e. The van der Waals surface area contributed by atoms with Crippen molar-refractivity contribution in [2.75, 3.05) is 13.1 Å². The van der Waals surface area contributed by atoms with Gasteiger partial charge in [-0.05, 0) is 18.6 Å². The molecule has 0 radical (unpaired) electrons. The molecule has 0 fully saturated rings. The van der Waals surface area contributed by atoms with Crippen LogP contribution in [0.4, 0.5) is 0 Å². The van der Waals surface area contributed by atoms with Crippen LogP contribution in [0.3, 0.4) is 0 Å². The van der Waals surface area contributed by atoms with Gasteiger partial charge in [0, 0.05) is 36.6 Å². The van der Waals surface area contributed by atoms with Crippen LogP contribution in [-0.2, 0) is 11.3 Å². The average Bonchev–Trinajstić information content (AvgIpc) is 2.37. The molecular formula is C13H18Cl2N2O2. The van der Waals surface area contributed by atoms with Gasteiger partial charge in [0.15, 0.2) is 0 Å². The predicted octanol–water partition coefficient (Wildman–Crippen LogP) is 2.70. The number of benzene rings is 1. The third-order valence-electron chi connectivity index (χ3n) is 2.52. The van der Waals surface area contributed by atoms with Crippen molar-refractivity contribution in [1.29, 1.82) is 0 Å². The molecule has 6 heteroatoms. The number of hydrogen-bond acceptors (Lipinski definition) is 3. The molecule has 3 N–H and O–H groups in total. The smallest absolute Gasteiger partial charge is 0.221 e. The Bertz CT molecular complexity index is 439. The van der Waals surface area contributed by atoms with E-state index in [1.165, 1.54) is 6.07 Å². The number of amides is 1. The zero-order valence-electron chi connectivity index (χ0n) is 10.8. The van der Waals surface area contributed by atoms with Crippen LogP contribution in [0.2, 0.25) is 10.0 Å². The highest BCUT2D eigenvalue weighted by Crippen LogP contribution is 2.30. The molecule has 0 saturated heterocycles. The maximum absolute atomic E-state index is 11.3. The zero-order chi connectivity index (χ0) is 14.3. The van der Waals surface area contributed by atoms with Gasteiger partial charge in [0.1, 0.15) is 5.75 Å². The third kappa shape index (κ3) is 5.68. The van der Waals surface area contributed by atoms with Crippen LogP contribution in [0, 0.1) is 0 Å². The first kappa shape index (κ1) is 16.1. The lowest BCUT2D eigenvalue weighted by atomic mass is 10.2. The first-order valence-corrected chi connectivity index (χ1v) is 6.94. The number of nitrogens with one attached hydrogen (secondary N) is 2. The van der Waals surface area contributed by atoms with Crippen LogP contribution in [0.5, 0.6) is 5.75 Å². The van der Waals surface area contributed by atoms with Crippen molar-refractivity contribution in [3.63, 3.8) is 0 Å².